The normalized spacial score (nSPS) is 54.3. The number of aliphatic carboxylic acids is 1. The summed E-state index contributed by atoms with van der Waals surface area (Å²) in [5.74, 6) is 1.48. The summed E-state index contributed by atoms with van der Waals surface area (Å²) in [6.45, 7) is 17.5. The molecule has 2 nitrogen and oxygen atoms in total. The fourth-order valence-electron chi connectivity index (χ4n) is 10.6. The number of fused-ring (bicyclic) bond motifs is 7. The maximum Gasteiger partial charge on any atom is 0.309 e. The van der Waals surface area contributed by atoms with Gasteiger partial charge in [-0.05, 0) is 116 Å². The molecule has 0 saturated heterocycles. The molecule has 0 heterocycles. The van der Waals surface area contributed by atoms with E-state index in [1.54, 1.807) is 5.57 Å². The van der Waals surface area contributed by atoms with E-state index in [-0.39, 0.29) is 10.8 Å². The van der Waals surface area contributed by atoms with Crippen molar-refractivity contribution in [2.24, 2.45) is 50.2 Å². The van der Waals surface area contributed by atoms with E-state index in [1.165, 1.54) is 51.4 Å². The topological polar surface area (TPSA) is 37.3 Å². The lowest BCUT2D eigenvalue weighted by Crippen LogP contribution is -2.63. The van der Waals surface area contributed by atoms with Gasteiger partial charge in [0.15, 0.2) is 0 Å². The first-order valence-corrected chi connectivity index (χ1v) is 13.7. The monoisotopic (exact) mass is 440 g/mol. The molecule has 0 aromatic carbocycles. The summed E-state index contributed by atoms with van der Waals surface area (Å²) < 4.78 is 0. The predicted molar refractivity (Wildman–Crippen MR) is 131 cm³/mol. The standard InChI is InChI=1S/C30H48O2/c1-25(2)12-8-13-28(5)22(25)11-14-30(7)23(28)10-9-20-21-19-27(4,24(31)32)16-15-26(21,3)17-18-29(20,30)6/h9,21-23H,8,10-19H2,1-7H3,(H,31,32)/t21-,22-,23+,26+,27-,28-,29+,30+/m0/s1. The van der Waals surface area contributed by atoms with E-state index in [4.69, 9.17) is 0 Å². The number of carbonyl (C=O) groups is 1. The van der Waals surface area contributed by atoms with E-state index in [2.05, 4.69) is 47.6 Å². The highest BCUT2D eigenvalue weighted by atomic mass is 16.4. The average Bonchev–Trinajstić information content (AvgIpc) is 2.69. The number of hydrogen-bond acceptors (Lipinski definition) is 1. The molecule has 4 fully saturated rings. The first kappa shape index (κ1) is 23.0. The first-order chi connectivity index (χ1) is 14.7. The second-order valence-corrected chi connectivity index (χ2v) is 14.9. The number of carboxylic acid groups (broad SMARTS) is 1. The van der Waals surface area contributed by atoms with E-state index in [0.717, 1.165) is 31.1 Å². The highest BCUT2D eigenvalue weighted by molar-refractivity contribution is 5.74. The Bertz CT molecular complexity index is 855. The largest absolute Gasteiger partial charge is 0.481 e. The third-order valence-electron chi connectivity index (χ3n) is 13.1. The van der Waals surface area contributed by atoms with Crippen LogP contribution in [0.5, 0.6) is 0 Å². The van der Waals surface area contributed by atoms with Gasteiger partial charge in [-0.25, -0.2) is 0 Å². The molecule has 8 atom stereocenters. The third-order valence-corrected chi connectivity index (χ3v) is 13.1. The summed E-state index contributed by atoms with van der Waals surface area (Å²) in [5.41, 5.74) is 2.89. The third kappa shape index (κ3) is 2.73. The van der Waals surface area contributed by atoms with Gasteiger partial charge in [0.05, 0.1) is 5.41 Å². The Hall–Kier alpha value is -0.790. The van der Waals surface area contributed by atoms with Crippen LogP contribution in [0.15, 0.2) is 11.6 Å². The van der Waals surface area contributed by atoms with Crippen LogP contribution < -0.4 is 0 Å². The zero-order valence-corrected chi connectivity index (χ0v) is 21.9. The minimum absolute atomic E-state index is 0.229. The Kier molecular flexibility index (Phi) is 4.78. The van der Waals surface area contributed by atoms with Crippen LogP contribution in [-0.4, -0.2) is 11.1 Å². The van der Waals surface area contributed by atoms with E-state index in [1.807, 2.05) is 6.92 Å². The number of hydrogen-bond donors (Lipinski definition) is 1. The van der Waals surface area contributed by atoms with E-state index >= 15 is 0 Å². The maximum absolute atomic E-state index is 12.2. The average molecular weight is 441 g/mol. The van der Waals surface area contributed by atoms with Gasteiger partial charge in [-0.2, -0.15) is 0 Å². The number of allylic oxidation sites excluding steroid dienone is 2. The van der Waals surface area contributed by atoms with Crippen LogP contribution in [0.25, 0.3) is 0 Å². The van der Waals surface area contributed by atoms with Crippen LogP contribution in [-0.2, 0) is 4.79 Å². The molecular weight excluding hydrogens is 392 g/mol. The molecule has 0 amide bonds. The fraction of sp³-hybridized carbons (Fsp3) is 0.900. The van der Waals surface area contributed by atoms with Crippen molar-refractivity contribution in [3.8, 4) is 0 Å². The Morgan fingerprint density at radius 1 is 0.875 bits per heavy atom. The quantitative estimate of drug-likeness (QED) is 0.417. The fourth-order valence-corrected chi connectivity index (χ4v) is 10.6. The van der Waals surface area contributed by atoms with E-state index < -0.39 is 11.4 Å². The minimum Gasteiger partial charge on any atom is -0.481 e. The molecule has 5 rings (SSSR count). The van der Waals surface area contributed by atoms with Crippen molar-refractivity contribution in [1.29, 1.82) is 0 Å². The second kappa shape index (κ2) is 6.66. The van der Waals surface area contributed by atoms with Gasteiger partial charge in [0, 0.05) is 0 Å². The van der Waals surface area contributed by atoms with Crippen molar-refractivity contribution in [2.75, 3.05) is 0 Å². The molecule has 5 aliphatic carbocycles. The minimum atomic E-state index is -0.579. The van der Waals surface area contributed by atoms with E-state index in [0.29, 0.717) is 22.2 Å². The molecule has 0 radical (unpaired) electrons. The molecule has 4 saturated carbocycles. The van der Waals surface area contributed by atoms with Crippen molar-refractivity contribution in [1.82, 2.24) is 0 Å². The molecule has 0 aromatic rings. The summed E-state index contributed by atoms with van der Waals surface area (Å²) in [7, 11) is 0. The van der Waals surface area contributed by atoms with Gasteiger partial charge in [0.1, 0.15) is 0 Å². The highest BCUT2D eigenvalue weighted by Crippen LogP contribution is 2.75. The molecule has 32 heavy (non-hydrogen) atoms. The van der Waals surface area contributed by atoms with Crippen molar-refractivity contribution in [2.45, 2.75) is 119 Å². The molecule has 0 aromatic heterocycles. The number of rotatable bonds is 1. The van der Waals surface area contributed by atoms with Crippen molar-refractivity contribution >= 4 is 5.97 Å². The summed E-state index contributed by atoms with van der Waals surface area (Å²) in [5, 5.41) is 10.1. The Balaban J connectivity index is 1.57. The SMILES string of the molecule is CC1(C)CCC[C@]2(C)[C@H]3CC=C4[C@@H]5C[C@@](C)(C(=O)O)CC[C@]5(C)CC[C@@]4(C)[C@]3(C)CC[C@@H]12. The Morgan fingerprint density at radius 3 is 2.25 bits per heavy atom. The van der Waals surface area contributed by atoms with Crippen molar-refractivity contribution in [3.63, 3.8) is 0 Å². The van der Waals surface area contributed by atoms with Gasteiger partial charge >= 0.3 is 5.97 Å². The summed E-state index contributed by atoms with van der Waals surface area (Å²) >= 11 is 0. The lowest BCUT2D eigenvalue weighted by atomic mass is 9.34. The number of carboxylic acids is 1. The predicted octanol–water partition coefficient (Wildman–Crippen LogP) is 8.26. The highest BCUT2D eigenvalue weighted by Gasteiger charge is 2.67. The van der Waals surface area contributed by atoms with Gasteiger partial charge in [-0.3, -0.25) is 4.79 Å². The summed E-state index contributed by atoms with van der Waals surface area (Å²) in [4.78, 5) is 12.2. The van der Waals surface area contributed by atoms with Crippen LogP contribution in [0, 0.1) is 50.2 Å². The molecule has 1 N–H and O–H groups in total. The smallest absolute Gasteiger partial charge is 0.309 e. The summed E-state index contributed by atoms with van der Waals surface area (Å²) in [6.07, 6.45) is 16.1. The molecule has 180 valence electrons. The summed E-state index contributed by atoms with van der Waals surface area (Å²) in [6, 6.07) is 0. The van der Waals surface area contributed by atoms with Crippen LogP contribution >= 0.6 is 0 Å². The van der Waals surface area contributed by atoms with Crippen molar-refractivity contribution < 1.29 is 9.90 Å². The zero-order valence-electron chi connectivity index (χ0n) is 21.9. The van der Waals surface area contributed by atoms with Crippen LogP contribution in [0.4, 0.5) is 0 Å². The molecule has 0 spiro atoms. The Labute approximate surface area is 197 Å². The lowest BCUT2D eigenvalue weighted by molar-refractivity contribution is -0.181. The van der Waals surface area contributed by atoms with Gasteiger partial charge in [0.2, 0.25) is 0 Å². The molecular formula is C30H48O2. The van der Waals surface area contributed by atoms with Crippen LogP contribution in [0.1, 0.15) is 119 Å². The molecule has 5 aliphatic rings. The van der Waals surface area contributed by atoms with Crippen LogP contribution in [0.2, 0.25) is 0 Å². The van der Waals surface area contributed by atoms with Crippen LogP contribution in [0.3, 0.4) is 0 Å². The van der Waals surface area contributed by atoms with Gasteiger partial charge in [-0.1, -0.05) is 59.6 Å². The molecule has 0 bridgehead atoms. The molecule has 0 unspecified atom stereocenters. The Morgan fingerprint density at radius 2 is 1.56 bits per heavy atom. The molecule has 0 aliphatic heterocycles. The first-order valence-electron chi connectivity index (χ1n) is 13.7. The molecule has 2 heteroatoms. The van der Waals surface area contributed by atoms with Gasteiger partial charge in [0.25, 0.3) is 0 Å². The van der Waals surface area contributed by atoms with Crippen molar-refractivity contribution in [3.05, 3.63) is 11.6 Å². The van der Waals surface area contributed by atoms with Gasteiger partial charge < -0.3 is 5.11 Å². The van der Waals surface area contributed by atoms with E-state index in [9.17, 15) is 9.90 Å². The lowest BCUT2D eigenvalue weighted by Gasteiger charge is -2.71. The second-order valence-electron chi connectivity index (χ2n) is 14.9. The maximum atomic E-state index is 12.2. The van der Waals surface area contributed by atoms with Gasteiger partial charge in [-0.15, -0.1) is 0 Å². The zero-order chi connectivity index (χ0) is 23.4.